The first-order valence-corrected chi connectivity index (χ1v) is 15.7. The van der Waals surface area contributed by atoms with Crippen LogP contribution in [-0.2, 0) is 13.0 Å². The number of aromatic nitrogens is 3. The van der Waals surface area contributed by atoms with E-state index in [9.17, 15) is 14.4 Å². The molecule has 1 aromatic heterocycles. The number of rotatable bonds is 7. The Morgan fingerprint density at radius 2 is 1.76 bits per heavy atom. The van der Waals surface area contributed by atoms with E-state index in [2.05, 4.69) is 36.0 Å². The van der Waals surface area contributed by atoms with E-state index < -0.39 is 36.1 Å². The number of carbonyl (C=O) groups is 3. The van der Waals surface area contributed by atoms with Gasteiger partial charge in [-0.15, -0.1) is 5.10 Å². The van der Waals surface area contributed by atoms with Crippen molar-refractivity contribution in [3.05, 3.63) is 76.6 Å². The zero-order valence-corrected chi connectivity index (χ0v) is 26.3. The molecule has 0 radical (unpaired) electrons. The number of anilines is 1. The average molecular weight is 619 g/mol. The van der Waals surface area contributed by atoms with Gasteiger partial charge >= 0.3 is 0 Å². The van der Waals surface area contributed by atoms with E-state index in [-0.39, 0.29) is 41.6 Å². The predicted molar refractivity (Wildman–Crippen MR) is 165 cm³/mol. The molecule has 9 nitrogen and oxygen atoms in total. The highest BCUT2D eigenvalue weighted by atomic mass is 19.3. The fourth-order valence-electron chi connectivity index (χ4n) is 6.78. The van der Waals surface area contributed by atoms with Gasteiger partial charge in [0.25, 0.3) is 23.6 Å². The number of likely N-dealkylation sites (tertiary alicyclic amines) is 2. The van der Waals surface area contributed by atoms with Crippen molar-refractivity contribution < 1.29 is 23.2 Å². The van der Waals surface area contributed by atoms with Crippen LogP contribution in [0.3, 0.4) is 0 Å². The van der Waals surface area contributed by atoms with Crippen molar-refractivity contribution in [2.45, 2.75) is 59.4 Å². The minimum Gasteiger partial charge on any atom is -0.333 e. The van der Waals surface area contributed by atoms with Crippen molar-refractivity contribution in [2.75, 3.05) is 37.6 Å². The molecular formula is C34H40F2N6O3. The molecular weight excluding hydrogens is 578 g/mol. The third-order valence-corrected chi connectivity index (χ3v) is 10.0. The van der Waals surface area contributed by atoms with Crippen LogP contribution in [0.1, 0.15) is 75.9 Å². The summed E-state index contributed by atoms with van der Waals surface area (Å²) in [4.78, 5) is 44.3. The topological polar surface area (TPSA) is 91.6 Å². The monoisotopic (exact) mass is 618 g/mol. The maximum absolute atomic E-state index is 15.4. The first-order valence-electron chi connectivity index (χ1n) is 15.7. The highest BCUT2D eigenvalue weighted by molar-refractivity contribution is 6.35. The molecule has 3 aromatic rings. The standard InChI is InChI=1S/C34H40F2N6O3/c1-22-7-5-6-8-29(22)42-31(44)27-10-9-24(17-28(27)32(42)45)30(43)40-16-12-25(34(35,36)21-40)18-41-19-26(37-38-41)13-15-39-14-11-23(2)33(3,4)20-39/h5-10,17,19,23,25H,11-16,18,20-21H2,1-4H3. The lowest BCUT2D eigenvalue weighted by atomic mass is 9.75. The molecule has 3 aliphatic heterocycles. The number of piperidine rings is 2. The molecule has 2 saturated heterocycles. The fourth-order valence-corrected chi connectivity index (χ4v) is 6.78. The third-order valence-electron chi connectivity index (χ3n) is 10.0. The first-order chi connectivity index (χ1) is 21.3. The van der Waals surface area contributed by atoms with Gasteiger partial charge in [0.1, 0.15) is 0 Å². The SMILES string of the molecule is Cc1ccccc1N1C(=O)c2ccc(C(=O)N3CCC(Cn4cc(CCN5CCC(C)C(C)(C)C5)nn4)C(F)(F)C3)cc2C1=O. The van der Waals surface area contributed by atoms with Gasteiger partial charge in [-0.25, -0.2) is 13.7 Å². The first kappa shape index (κ1) is 31.0. The summed E-state index contributed by atoms with van der Waals surface area (Å²) in [5.41, 5.74) is 2.65. The van der Waals surface area contributed by atoms with Crippen molar-refractivity contribution in [2.24, 2.45) is 17.3 Å². The quantitative estimate of drug-likeness (QED) is 0.343. The van der Waals surface area contributed by atoms with Crippen LogP contribution >= 0.6 is 0 Å². The second-order valence-electron chi connectivity index (χ2n) is 13.6. The summed E-state index contributed by atoms with van der Waals surface area (Å²) in [6.45, 7) is 11.1. The van der Waals surface area contributed by atoms with Crippen molar-refractivity contribution in [1.82, 2.24) is 24.8 Å². The van der Waals surface area contributed by atoms with Crippen LogP contribution in [0.15, 0.2) is 48.7 Å². The molecule has 2 fully saturated rings. The summed E-state index contributed by atoms with van der Waals surface area (Å²) in [6, 6.07) is 11.3. The van der Waals surface area contributed by atoms with Crippen LogP contribution in [0, 0.1) is 24.2 Å². The van der Waals surface area contributed by atoms with E-state index in [4.69, 9.17) is 0 Å². The van der Waals surface area contributed by atoms with E-state index in [1.54, 1.807) is 31.3 Å². The molecule has 0 N–H and O–H groups in total. The Morgan fingerprint density at radius 1 is 1.00 bits per heavy atom. The van der Waals surface area contributed by atoms with Crippen LogP contribution < -0.4 is 4.90 Å². The van der Waals surface area contributed by atoms with Gasteiger partial charge in [0.2, 0.25) is 0 Å². The van der Waals surface area contributed by atoms with Crippen molar-refractivity contribution in [3.63, 3.8) is 0 Å². The van der Waals surface area contributed by atoms with Gasteiger partial charge < -0.3 is 9.80 Å². The Morgan fingerprint density at radius 3 is 2.49 bits per heavy atom. The Hall–Kier alpha value is -3.99. The third kappa shape index (κ3) is 6.02. The molecule has 4 heterocycles. The summed E-state index contributed by atoms with van der Waals surface area (Å²) < 4.78 is 32.3. The second kappa shape index (κ2) is 11.7. The summed E-state index contributed by atoms with van der Waals surface area (Å²) >= 11 is 0. The molecule has 2 unspecified atom stereocenters. The molecule has 3 aliphatic rings. The van der Waals surface area contributed by atoms with Gasteiger partial charge in [-0.05, 0) is 67.5 Å². The van der Waals surface area contributed by atoms with E-state index in [1.165, 1.54) is 22.9 Å². The normalized spacial score (nSPS) is 23.0. The van der Waals surface area contributed by atoms with Gasteiger partial charge in [-0.2, -0.15) is 0 Å². The molecule has 0 bridgehead atoms. The van der Waals surface area contributed by atoms with Crippen LogP contribution in [0.2, 0.25) is 0 Å². The largest absolute Gasteiger partial charge is 0.333 e. The van der Waals surface area contributed by atoms with Crippen LogP contribution in [0.5, 0.6) is 0 Å². The maximum Gasteiger partial charge on any atom is 0.269 e. The van der Waals surface area contributed by atoms with E-state index in [1.807, 2.05) is 6.07 Å². The smallest absolute Gasteiger partial charge is 0.269 e. The van der Waals surface area contributed by atoms with E-state index >= 15 is 8.78 Å². The molecule has 45 heavy (non-hydrogen) atoms. The molecule has 0 saturated carbocycles. The van der Waals surface area contributed by atoms with Gasteiger partial charge in [0.05, 0.1) is 35.6 Å². The number of hydrogen-bond acceptors (Lipinski definition) is 6. The molecule has 0 spiro atoms. The molecule has 11 heteroatoms. The highest BCUT2D eigenvalue weighted by Gasteiger charge is 2.46. The Bertz CT molecular complexity index is 1640. The molecule has 2 atom stereocenters. The van der Waals surface area contributed by atoms with Crippen molar-refractivity contribution in [1.29, 1.82) is 0 Å². The summed E-state index contributed by atoms with van der Waals surface area (Å²) in [7, 11) is 0. The molecule has 2 aromatic carbocycles. The summed E-state index contributed by atoms with van der Waals surface area (Å²) in [5.74, 6) is -5.07. The molecule has 238 valence electrons. The van der Waals surface area contributed by atoms with Crippen LogP contribution in [-0.4, -0.2) is 81.2 Å². The number of para-hydroxylation sites is 1. The Balaban J connectivity index is 1.07. The van der Waals surface area contributed by atoms with Gasteiger partial charge in [0, 0.05) is 43.7 Å². The lowest BCUT2D eigenvalue weighted by Crippen LogP contribution is -2.51. The predicted octanol–water partition coefficient (Wildman–Crippen LogP) is 5.10. The average Bonchev–Trinajstić information content (AvgIpc) is 3.55. The van der Waals surface area contributed by atoms with Gasteiger partial charge in [-0.3, -0.25) is 19.1 Å². The number of hydrogen-bond donors (Lipinski definition) is 0. The Labute approximate surface area is 262 Å². The van der Waals surface area contributed by atoms with Crippen LogP contribution in [0.4, 0.5) is 14.5 Å². The number of carbonyl (C=O) groups excluding carboxylic acids is 3. The minimum absolute atomic E-state index is 0.0144. The highest BCUT2D eigenvalue weighted by Crippen LogP contribution is 2.36. The number of amides is 3. The molecule has 6 rings (SSSR count). The number of imide groups is 1. The molecule has 0 aliphatic carbocycles. The molecule has 3 amide bonds. The fraction of sp³-hybridized carbons (Fsp3) is 0.500. The number of benzene rings is 2. The maximum atomic E-state index is 15.4. The number of aryl methyl sites for hydroxylation is 1. The zero-order valence-electron chi connectivity index (χ0n) is 26.3. The zero-order chi connectivity index (χ0) is 32.1. The second-order valence-corrected chi connectivity index (χ2v) is 13.6. The Kier molecular flexibility index (Phi) is 8.09. The number of alkyl halides is 2. The minimum atomic E-state index is -3.14. The van der Waals surface area contributed by atoms with Crippen LogP contribution in [0.25, 0.3) is 0 Å². The number of fused-ring (bicyclic) bond motifs is 1. The van der Waals surface area contributed by atoms with Crippen molar-refractivity contribution >= 4 is 23.4 Å². The number of nitrogens with zero attached hydrogens (tertiary/aromatic N) is 6. The van der Waals surface area contributed by atoms with Gasteiger partial charge in [-0.1, -0.05) is 44.2 Å². The summed E-state index contributed by atoms with van der Waals surface area (Å²) in [5, 5.41) is 8.37. The van der Waals surface area contributed by atoms with Gasteiger partial charge in [0.15, 0.2) is 0 Å². The van der Waals surface area contributed by atoms with Crippen molar-refractivity contribution in [3.8, 4) is 0 Å². The number of halogens is 2. The summed E-state index contributed by atoms with van der Waals surface area (Å²) in [6.07, 6.45) is 3.73. The lowest BCUT2D eigenvalue weighted by molar-refractivity contribution is -0.108. The van der Waals surface area contributed by atoms with E-state index in [0.29, 0.717) is 18.0 Å². The van der Waals surface area contributed by atoms with E-state index in [0.717, 1.165) is 47.1 Å². The lowest BCUT2D eigenvalue weighted by Gasteiger charge is -2.43.